The van der Waals surface area contributed by atoms with E-state index in [1.165, 1.54) is 11.4 Å². The minimum atomic E-state index is 0.315. The quantitative estimate of drug-likeness (QED) is 0.839. The van der Waals surface area contributed by atoms with E-state index < -0.39 is 0 Å². The first kappa shape index (κ1) is 11.9. The molecule has 2 heterocycles. The zero-order chi connectivity index (χ0) is 12.3. The van der Waals surface area contributed by atoms with Crippen LogP contribution >= 0.6 is 0 Å². The van der Waals surface area contributed by atoms with Crippen molar-refractivity contribution in [1.29, 1.82) is 0 Å². The van der Waals surface area contributed by atoms with Gasteiger partial charge in [-0.05, 0) is 19.1 Å². The van der Waals surface area contributed by atoms with E-state index in [2.05, 4.69) is 28.5 Å². The molecule has 0 aliphatic carbocycles. The van der Waals surface area contributed by atoms with Gasteiger partial charge < -0.3 is 5.32 Å². The fourth-order valence-corrected chi connectivity index (χ4v) is 1.98. The topological polar surface area (TPSA) is 47.7 Å². The highest BCUT2D eigenvalue weighted by Crippen LogP contribution is 2.09. The Morgan fingerprint density at radius 1 is 1.18 bits per heavy atom. The summed E-state index contributed by atoms with van der Waals surface area (Å²) in [6, 6.07) is 4.41. The highest BCUT2D eigenvalue weighted by molar-refractivity contribution is 5.06. The molecule has 1 atom stereocenters. The maximum absolute atomic E-state index is 4.17. The van der Waals surface area contributed by atoms with Gasteiger partial charge in [0.1, 0.15) is 0 Å². The molecule has 5 nitrogen and oxygen atoms in total. The average molecular weight is 233 g/mol. The predicted molar refractivity (Wildman–Crippen MR) is 66.5 cm³/mol. The number of aryl methyl sites for hydroxylation is 2. The van der Waals surface area contributed by atoms with E-state index in [1.807, 2.05) is 41.9 Å². The van der Waals surface area contributed by atoms with Crippen molar-refractivity contribution >= 4 is 0 Å². The summed E-state index contributed by atoms with van der Waals surface area (Å²) in [7, 11) is 3.94. The van der Waals surface area contributed by atoms with Crippen molar-refractivity contribution in [1.82, 2.24) is 24.9 Å². The predicted octanol–water partition coefficient (Wildman–Crippen LogP) is 1.05. The van der Waals surface area contributed by atoms with Crippen molar-refractivity contribution in [2.75, 3.05) is 6.54 Å². The van der Waals surface area contributed by atoms with E-state index in [9.17, 15) is 0 Å². The van der Waals surface area contributed by atoms with E-state index in [-0.39, 0.29) is 0 Å². The van der Waals surface area contributed by atoms with Gasteiger partial charge in [-0.15, -0.1) is 0 Å². The van der Waals surface area contributed by atoms with Gasteiger partial charge in [-0.3, -0.25) is 9.36 Å². The van der Waals surface area contributed by atoms with Gasteiger partial charge in [0.25, 0.3) is 0 Å². The first-order chi connectivity index (χ1) is 8.18. The Bertz CT molecular complexity index is 471. The van der Waals surface area contributed by atoms with E-state index in [1.54, 1.807) is 0 Å². The molecule has 0 spiro atoms. The summed E-state index contributed by atoms with van der Waals surface area (Å²) in [5, 5.41) is 11.8. The first-order valence-corrected chi connectivity index (χ1v) is 5.86. The number of hydrogen-bond donors (Lipinski definition) is 1. The molecule has 0 fully saturated rings. The molecule has 2 aromatic rings. The van der Waals surface area contributed by atoms with Crippen LogP contribution in [0.3, 0.4) is 0 Å². The Morgan fingerprint density at radius 2 is 1.88 bits per heavy atom. The second-order valence-electron chi connectivity index (χ2n) is 4.25. The monoisotopic (exact) mass is 233 g/mol. The molecule has 0 radical (unpaired) electrons. The van der Waals surface area contributed by atoms with Gasteiger partial charge in [0.05, 0.1) is 5.69 Å². The summed E-state index contributed by atoms with van der Waals surface area (Å²) in [4.78, 5) is 0. The number of rotatable bonds is 5. The van der Waals surface area contributed by atoms with Crippen molar-refractivity contribution in [3.05, 3.63) is 35.9 Å². The van der Waals surface area contributed by atoms with Crippen LogP contribution < -0.4 is 5.32 Å². The van der Waals surface area contributed by atoms with E-state index in [0.29, 0.717) is 6.04 Å². The van der Waals surface area contributed by atoms with Crippen molar-refractivity contribution < 1.29 is 0 Å². The normalized spacial score (nSPS) is 12.9. The summed E-state index contributed by atoms with van der Waals surface area (Å²) in [5.74, 6) is 0. The largest absolute Gasteiger partial charge is 0.308 e. The molecule has 2 rings (SSSR count). The third kappa shape index (κ3) is 2.74. The summed E-state index contributed by atoms with van der Waals surface area (Å²) >= 11 is 0. The lowest BCUT2D eigenvalue weighted by Crippen LogP contribution is -2.23. The fraction of sp³-hybridized carbons (Fsp3) is 0.500. The highest BCUT2D eigenvalue weighted by Gasteiger charge is 2.08. The standard InChI is InChI=1S/C12H19N5/c1-10(12-6-9-15-17(12)3)13-7-4-11-5-8-14-16(11)2/h5-6,8-10,13H,4,7H2,1-3H3. The fourth-order valence-electron chi connectivity index (χ4n) is 1.98. The third-order valence-electron chi connectivity index (χ3n) is 3.06. The molecule has 0 saturated heterocycles. The lowest BCUT2D eigenvalue weighted by atomic mass is 10.2. The number of hydrogen-bond acceptors (Lipinski definition) is 3. The molecule has 0 aromatic carbocycles. The van der Waals surface area contributed by atoms with E-state index in [0.717, 1.165) is 13.0 Å². The van der Waals surface area contributed by atoms with Gasteiger partial charge in [0, 0.05) is 51.2 Å². The van der Waals surface area contributed by atoms with Gasteiger partial charge in [0.15, 0.2) is 0 Å². The van der Waals surface area contributed by atoms with Crippen LogP contribution in [0.1, 0.15) is 24.4 Å². The summed E-state index contributed by atoms with van der Waals surface area (Å²) in [6.07, 6.45) is 4.65. The van der Waals surface area contributed by atoms with Gasteiger partial charge in [-0.2, -0.15) is 10.2 Å². The maximum Gasteiger partial charge on any atom is 0.0547 e. The maximum atomic E-state index is 4.17. The molecule has 0 bridgehead atoms. The van der Waals surface area contributed by atoms with Crippen LogP contribution in [-0.4, -0.2) is 26.1 Å². The lowest BCUT2D eigenvalue weighted by molar-refractivity contribution is 0.526. The van der Waals surface area contributed by atoms with E-state index >= 15 is 0 Å². The number of nitrogens with zero attached hydrogens (tertiary/aromatic N) is 4. The zero-order valence-electron chi connectivity index (χ0n) is 10.6. The molecule has 0 saturated carbocycles. The average Bonchev–Trinajstić information content (AvgIpc) is 2.88. The van der Waals surface area contributed by atoms with E-state index in [4.69, 9.17) is 0 Å². The van der Waals surface area contributed by atoms with Gasteiger partial charge in [0.2, 0.25) is 0 Å². The second-order valence-corrected chi connectivity index (χ2v) is 4.25. The molecular formula is C12H19N5. The van der Waals surface area contributed by atoms with Crippen LogP contribution in [0.25, 0.3) is 0 Å². The van der Waals surface area contributed by atoms with Crippen LogP contribution in [0.15, 0.2) is 24.5 Å². The first-order valence-electron chi connectivity index (χ1n) is 5.86. The minimum Gasteiger partial charge on any atom is -0.308 e. The Labute approximate surface area is 101 Å². The Hall–Kier alpha value is -1.62. The molecule has 2 aromatic heterocycles. The van der Waals surface area contributed by atoms with Crippen LogP contribution in [0.4, 0.5) is 0 Å². The van der Waals surface area contributed by atoms with Crippen LogP contribution in [-0.2, 0) is 20.5 Å². The van der Waals surface area contributed by atoms with Crippen molar-refractivity contribution in [3.8, 4) is 0 Å². The summed E-state index contributed by atoms with van der Waals surface area (Å²) in [6.45, 7) is 3.09. The Balaban J connectivity index is 1.83. The molecule has 5 heteroatoms. The SMILES string of the molecule is CC(NCCc1ccnn1C)c1ccnn1C. The third-order valence-corrected chi connectivity index (χ3v) is 3.06. The highest BCUT2D eigenvalue weighted by atomic mass is 15.3. The molecule has 1 unspecified atom stereocenters. The Kier molecular flexibility index (Phi) is 3.58. The van der Waals surface area contributed by atoms with Crippen molar-refractivity contribution in [2.24, 2.45) is 14.1 Å². The molecule has 17 heavy (non-hydrogen) atoms. The molecule has 0 amide bonds. The molecule has 92 valence electrons. The zero-order valence-corrected chi connectivity index (χ0v) is 10.6. The number of nitrogens with one attached hydrogen (secondary N) is 1. The summed E-state index contributed by atoms with van der Waals surface area (Å²) < 4.78 is 3.82. The smallest absolute Gasteiger partial charge is 0.0547 e. The van der Waals surface area contributed by atoms with Crippen molar-refractivity contribution in [3.63, 3.8) is 0 Å². The van der Waals surface area contributed by atoms with Crippen LogP contribution in [0.2, 0.25) is 0 Å². The van der Waals surface area contributed by atoms with Crippen molar-refractivity contribution in [2.45, 2.75) is 19.4 Å². The molecule has 0 aliphatic heterocycles. The van der Waals surface area contributed by atoms with Gasteiger partial charge in [-0.1, -0.05) is 0 Å². The Morgan fingerprint density at radius 3 is 2.47 bits per heavy atom. The van der Waals surface area contributed by atoms with Crippen LogP contribution in [0.5, 0.6) is 0 Å². The lowest BCUT2D eigenvalue weighted by Gasteiger charge is -2.14. The summed E-state index contributed by atoms with van der Waals surface area (Å²) in [5.41, 5.74) is 2.45. The minimum absolute atomic E-state index is 0.315. The molecule has 1 N–H and O–H groups in total. The van der Waals surface area contributed by atoms with Crippen LogP contribution in [0, 0.1) is 0 Å². The van der Waals surface area contributed by atoms with Gasteiger partial charge >= 0.3 is 0 Å². The molecule has 0 aliphatic rings. The second kappa shape index (κ2) is 5.14. The molecular weight excluding hydrogens is 214 g/mol. The van der Waals surface area contributed by atoms with Gasteiger partial charge in [-0.25, -0.2) is 0 Å². The number of aromatic nitrogens is 4.